The number of imidazole rings is 2. The molecule has 10 rings (SSSR count). The number of aryl methyl sites for hydroxylation is 4. The van der Waals surface area contributed by atoms with Gasteiger partial charge in [0, 0.05) is 37.3 Å². The summed E-state index contributed by atoms with van der Waals surface area (Å²) in [5.41, 5.74) is 7.33. The Morgan fingerprint density at radius 3 is 1.27 bits per heavy atom. The van der Waals surface area contributed by atoms with E-state index in [4.69, 9.17) is 39.1 Å². The minimum Gasteiger partial charge on any atom is -0.497 e. The number of fused-ring (bicyclic) bond motifs is 2. The summed E-state index contributed by atoms with van der Waals surface area (Å²) in [5.74, 6) is 6.31. The number of pyridine rings is 2. The minimum absolute atomic E-state index is 0.205. The summed E-state index contributed by atoms with van der Waals surface area (Å²) in [5, 5.41) is 9.51. The fourth-order valence-electron chi connectivity index (χ4n) is 8.14. The molecular weight excluding hydrogens is 785 g/mol. The van der Waals surface area contributed by atoms with Gasteiger partial charge in [0.1, 0.15) is 45.9 Å². The second-order valence-corrected chi connectivity index (χ2v) is 15.3. The van der Waals surface area contributed by atoms with Crippen LogP contribution in [0.25, 0.3) is 34.4 Å². The lowest BCUT2D eigenvalue weighted by molar-refractivity contribution is 0.396. The third-order valence-corrected chi connectivity index (χ3v) is 11.3. The SMILES string of the molecule is COc1ccc([C@@H]2CCCn3nc(-c4ccc(-n5cnc(C)c5)c(OC)n4)nc32)cc1.COc1ccc([C@H]2CCCn3nc(-c4ccc(-n5cnc(C)c5)c(OC)n4)nc32)cc1. The molecule has 0 unspecified atom stereocenters. The number of methoxy groups -OCH3 is 4. The van der Waals surface area contributed by atoms with E-state index < -0.39 is 0 Å². The lowest BCUT2D eigenvalue weighted by Crippen LogP contribution is -2.17. The molecule has 0 fully saturated rings. The van der Waals surface area contributed by atoms with E-state index in [-0.39, 0.29) is 11.8 Å². The zero-order valence-electron chi connectivity index (χ0n) is 35.6. The van der Waals surface area contributed by atoms with Gasteiger partial charge in [0.15, 0.2) is 11.6 Å². The van der Waals surface area contributed by atoms with E-state index >= 15 is 0 Å². The summed E-state index contributed by atoms with van der Waals surface area (Å²) < 4.78 is 29.5. The highest BCUT2D eigenvalue weighted by Gasteiger charge is 2.28. The molecule has 0 amide bonds. The van der Waals surface area contributed by atoms with Gasteiger partial charge in [0.05, 0.1) is 52.5 Å². The minimum atomic E-state index is 0.205. The third kappa shape index (κ3) is 7.98. The zero-order chi connectivity index (χ0) is 42.7. The molecule has 2 aromatic carbocycles. The molecule has 0 radical (unpaired) electrons. The van der Waals surface area contributed by atoms with Crippen molar-refractivity contribution in [3.63, 3.8) is 0 Å². The summed E-state index contributed by atoms with van der Waals surface area (Å²) in [4.78, 5) is 27.7. The monoisotopic (exact) mass is 832 g/mol. The molecule has 8 aromatic rings. The van der Waals surface area contributed by atoms with Gasteiger partial charge in [0.25, 0.3) is 0 Å². The van der Waals surface area contributed by atoms with Gasteiger partial charge in [0.2, 0.25) is 11.8 Å². The first kappa shape index (κ1) is 40.1. The average molecular weight is 833 g/mol. The number of aromatic nitrogens is 12. The number of rotatable bonds is 10. The first-order chi connectivity index (χ1) is 30.3. The molecule has 8 heterocycles. The maximum Gasteiger partial charge on any atom is 0.238 e. The largest absolute Gasteiger partial charge is 0.497 e. The van der Waals surface area contributed by atoms with Crippen molar-refractivity contribution in [3.05, 3.63) is 132 Å². The van der Waals surface area contributed by atoms with Gasteiger partial charge in [-0.2, -0.15) is 0 Å². The van der Waals surface area contributed by atoms with Crippen molar-refractivity contribution in [2.75, 3.05) is 28.4 Å². The molecule has 0 N–H and O–H groups in total. The quantitative estimate of drug-likeness (QED) is 0.133. The van der Waals surface area contributed by atoms with Crippen molar-refractivity contribution >= 4 is 0 Å². The Hall–Kier alpha value is -7.36. The number of hydrogen-bond donors (Lipinski definition) is 0. The second-order valence-electron chi connectivity index (χ2n) is 15.3. The molecule has 16 heteroatoms. The Bertz CT molecular complexity index is 2610. The molecular formula is C46H48N12O4. The smallest absolute Gasteiger partial charge is 0.238 e. The summed E-state index contributed by atoms with van der Waals surface area (Å²) in [6, 6.07) is 24.2. The predicted molar refractivity (Wildman–Crippen MR) is 231 cm³/mol. The molecule has 2 aliphatic rings. The van der Waals surface area contributed by atoms with Crippen LogP contribution in [0.2, 0.25) is 0 Å². The van der Waals surface area contributed by atoms with Crippen LogP contribution >= 0.6 is 0 Å². The van der Waals surface area contributed by atoms with Gasteiger partial charge >= 0.3 is 0 Å². The van der Waals surface area contributed by atoms with Gasteiger partial charge in [-0.1, -0.05) is 24.3 Å². The Kier molecular flexibility index (Phi) is 11.2. The van der Waals surface area contributed by atoms with Crippen LogP contribution in [0.15, 0.2) is 97.8 Å². The van der Waals surface area contributed by atoms with E-state index in [0.717, 1.165) is 84.7 Å². The van der Waals surface area contributed by atoms with Crippen molar-refractivity contribution in [3.8, 4) is 57.7 Å². The van der Waals surface area contributed by atoms with Crippen molar-refractivity contribution < 1.29 is 18.9 Å². The Balaban J connectivity index is 0.000000158. The van der Waals surface area contributed by atoms with Crippen LogP contribution in [-0.2, 0) is 13.1 Å². The van der Waals surface area contributed by atoms with Gasteiger partial charge < -0.3 is 28.1 Å². The summed E-state index contributed by atoms with van der Waals surface area (Å²) in [7, 11) is 6.59. The highest BCUT2D eigenvalue weighted by molar-refractivity contribution is 5.57. The molecule has 6 aromatic heterocycles. The van der Waals surface area contributed by atoms with Crippen LogP contribution in [0.3, 0.4) is 0 Å². The van der Waals surface area contributed by atoms with E-state index in [1.165, 1.54) is 11.1 Å². The van der Waals surface area contributed by atoms with Crippen LogP contribution in [0.5, 0.6) is 23.3 Å². The molecule has 316 valence electrons. The normalized spacial score (nSPS) is 15.5. The predicted octanol–water partition coefficient (Wildman–Crippen LogP) is 7.55. The molecule has 16 nitrogen and oxygen atoms in total. The lowest BCUT2D eigenvalue weighted by atomic mass is 9.91. The summed E-state index contributed by atoms with van der Waals surface area (Å²) >= 11 is 0. The number of hydrogen-bond acceptors (Lipinski definition) is 12. The van der Waals surface area contributed by atoms with Gasteiger partial charge in [-0.3, -0.25) is 0 Å². The van der Waals surface area contributed by atoms with Gasteiger partial charge in [-0.05, 0) is 99.2 Å². The third-order valence-electron chi connectivity index (χ3n) is 11.3. The standard InChI is InChI=1S/2C23H24N6O2/c2*1-15-13-28(14-24-15)20-11-10-19(25-23(20)31-3)21-26-22-18(5-4-12-29(22)27-21)16-6-8-17(30-2)9-7-16/h2*6-11,13-14,18H,4-5,12H2,1-3H3/t2*18-/m10/s1. The maximum absolute atomic E-state index is 5.55. The van der Waals surface area contributed by atoms with Gasteiger partial charge in [-0.25, -0.2) is 39.3 Å². The second kappa shape index (κ2) is 17.3. The van der Waals surface area contributed by atoms with E-state index in [1.54, 1.807) is 41.1 Å². The lowest BCUT2D eigenvalue weighted by Gasteiger charge is -2.22. The number of benzene rings is 2. The molecule has 2 aliphatic heterocycles. The Morgan fingerprint density at radius 1 is 0.500 bits per heavy atom. The van der Waals surface area contributed by atoms with Crippen LogP contribution in [0, 0.1) is 13.8 Å². The zero-order valence-corrected chi connectivity index (χ0v) is 35.6. The van der Waals surface area contributed by atoms with Crippen LogP contribution in [0.1, 0.15) is 71.7 Å². The van der Waals surface area contributed by atoms with Crippen molar-refractivity contribution in [2.24, 2.45) is 0 Å². The first-order valence-electron chi connectivity index (χ1n) is 20.6. The first-order valence-corrected chi connectivity index (χ1v) is 20.6. The molecule has 0 spiro atoms. The van der Waals surface area contributed by atoms with Crippen molar-refractivity contribution in [1.82, 2.24) is 58.6 Å². The fourth-order valence-corrected chi connectivity index (χ4v) is 8.14. The van der Waals surface area contributed by atoms with Crippen LogP contribution in [0.4, 0.5) is 0 Å². The molecule has 2 atom stereocenters. The maximum atomic E-state index is 5.55. The van der Waals surface area contributed by atoms with E-state index in [9.17, 15) is 0 Å². The van der Waals surface area contributed by atoms with Crippen LogP contribution in [-0.4, -0.2) is 87.0 Å². The molecule has 0 bridgehead atoms. The molecule has 0 aliphatic carbocycles. The molecule has 62 heavy (non-hydrogen) atoms. The highest BCUT2D eigenvalue weighted by Crippen LogP contribution is 2.36. The van der Waals surface area contributed by atoms with Crippen molar-refractivity contribution in [2.45, 2.75) is 64.5 Å². The van der Waals surface area contributed by atoms with E-state index in [0.29, 0.717) is 34.8 Å². The van der Waals surface area contributed by atoms with Gasteiger partial charge in [-0.15, -0.1) is 10.2 Å². The topological polar surface area (TPSA) is 160 Å². The van der Waals surface area contributed by atoms with E-state index in [1.807, 2.05) is 93.3 Å². The number of nitrogens with zero attached hydrogens (tertiary/aromatic N) is 12. The fraction of sp³-hybridized carbons (Fsp3) is 0.304. The Morgan fingerprint density at radius 2 is 0.919 bits per heavy atom. The average Bonchev–Trinajstić information content (AvgIpc) is 4.15. The highest BCUT2D eigenvalue weighted by atomic mass is 16.5. The summed E-state index contributed by atoms with van der Waals surface area (Å²) in [6.07, 6.45) is 11.6. The Labute approximate surface area is 359 Å². The number of ether oxygens (including phenoxy) is 4. The van der Waals surface area contributed by atoms with Crippen molar-refractivity contribution in [1.29, 1.82) is 0 Å². The molecule has 0 saturated heterocycles. The summed E-state index contributed by atoms with van der Waals surface area (Å²) in [6.45, 7) is 5.62. The molecule has 0 saturated carbocycles. The van der Waals surface area contributed by atoms with Crippen LogP contribution < -0.4 is 18.9 Å². The van der Waals surface area contributed by atoms with E-state index in [2.05, 4.69) is 44.2 Å².